The number of carbonyl (C=O) groups excluding carboxylic acids is 1. The zero-order valence-electron chi connectivity index (χ0n) is 18.1. The maximum Gasteiger partial charge on any atom is 0.257 e. The Morgan fingerprint density at radius 2 is 1.81 bits per heavy atom. The van der Waals surface area contributed by atoms with E-state index in [4.69, 9.17) is 0 Å². The fourth-order valence-electron chi connectivity index (χ4n) is 4.05. The molecular weight excluding hydrogens is 388 g/mol. The van der Waals surface area contributed by atoms with Gasteiger partial charge in [-0.25, -0.2) is 4.68 Å². The van der Waals surface area contributed by atoms with E-state index in [1.54, 1.807) is 22.9 Å². The van der Waals surface area contributed by atoms with Gasteiger partial charge in [-0.05, 0) is 55.9 Å². The van der Waals surface area contributed by atoms with Crippen molar-refractivity contribution in [1.82, 2.24) is 19.9 Å². The van der Waals surface area contributed by atoms with Crippen LogP contribution >= 0.6 is 0 Å². The third-order valence-corrected chi connectivity index (χ3v) is 5.93. The van der Waals surface area contributed by atoms with Crippen LogP contribution < -0.4 is 0 Å². The normalized spacial score (nSPS) is 14.0. The van der Waals surface area contributed by atoms with Gasteiger partial charge < -0.3 is 10.0 Å². The summed E-state index contributed by atoms with van der Waals surface area (Å²) in [7, 11) is 0. The third-order valence-electron chi connectivity index (χ3n) is 5.93. The first-order valence-electron chi connectivity index (χ1n) is 11.3. The molecule has 1 saturated heterocycles. The average Bonchev–Trinajstić information content (AvgIpc) is 3.30. The van der Waals surface area contributed by atoms with E-state index in [-0.39, 0.29) is 11.7 Å². The fraction of sp³-hybridized carbons (Fsp3) is 0.400. The second-order valence-electron chi connectivity index (χ2n) is 8.26. The van der Waals surface area contributed by atoms with Gasteiger partial charge in [-0.1, -0.05) is 49.2 Å². The molecule has 0 radical (unpaired) electrons. The number of unbranched alkanes of at least 4 members (excludes halogenated alkanes) is 2. The molecule has 1 aromatic heterocycles. The van der Waals surface area contributed by atoms with Crippen LogP contribution in [0, 0.1) is 0 Å². The molecule has 0 spiro atoms. The monoisotopic (exact) mass is 418 g/mol. The number of hydrogen-bond acceptors (Lipinski definition) is 4. The summed E-state index contributed by atoms with van der Waals surface area (Å²) in [6.45, 7) is 3.70. The van der Waals surface area contributed by atoms with E-state index in [1.807, 2.05) is 11.1 Å². The topological polar surface area (TPSA) is 71.2 Å². The standard InChI is InChI=1S/C25H30N4O2/c1-2-3-5-8-19-9-11-20(12-10-19)23-18-29(27-26-23)21-13-14-24(30)22(17-21)25(31)28-15-6-4-7-16-28/h9-14,17-18,30H,2-8,15-16H2,1H3. The van der Waals surface area contributed by atoms with Crippen LogP contribution in [0.3, 0.4) is 0 Å². The summed E-state index contributed by atoms with van der Waals surface area (Å²) in [5.74, 6) is -0.128. The van der Waals surface area contributed by atoms with Crippen molar-refractivity contribution in [1.29, 1.82) is 0 Å². The minimum absolute atomic E-state index is 0.00155. The number of aromatic hydroxyl groups is 1. The van der Waals surface area contributed by atoms with E-state index in [0.717, 1.165) is 50.0 Å². The van der Waals surface area contributed by atoms with Gasteiger partial charge in [0.2, 0.25) is 0 Å². The van der Waals surface area contributed by atoms with Gasteiger partial charge in [0.05, 0.1) is 17.4 Å². The molecule has 6 nitrogen and oxygen atoms in total. The largest absolute Gasteiger partial charge is 0.507 e. The lowest BCUT2D eigenvalue weighted by molar-refractivity contribution is 0.0721. The zero-order valence-corrected chi connectivity index (χ0v) is 18.1. The second kappa shape index (κ2) is 9.77. The molecule has 0 atom stereocenters. The van der Waals surface area contributed by atoms with Crippen molar-refractivity contribution in [2.75, 3.05) is 13.1 Å². The Kier molecular flexibility index (Phi) is 6.65. The molecule has 1 amide bonds. The molecule has 1 aliphatic heterocycles. The van der Waals surface area contributed by atoms with Gasteiger partial charge in [-0.2, -0.15) is 0 Å². The molecule has 31 heavy (non-hydrogen) atoms. The minimum Gasteiger partial charge on any atom is -0.507 e. The van der Waals surface area contributed by atoms with E-state index in [2.05, 4.69) is 41.5 Å². The molecule has 6 heteroatoms. The third kappa shape index (κ3) is 4.95. The van der Waals surface area contributed by atoms with E-state index in [9.17, 15) is 9.90 Å². The number of amides is 1. The number of piperidine rings is 1. The first-order valence-corrected chi connectivity index (χ1v) is 11.3. The number of nitrogens with zero attached hydrogens (tertiary/aromatic N) is 4. The van der Waals surface area contributed by atoms with Crippen LogP contribution in [0.5, 0.6) is 5.75 Å². The molecule has 2 aromatic carbocycles. The van der Waals surface area contributed by atoms with Crippen LogP contribution in [0.15, 0.2) is 48.7 Å². The van der Waals surface area contributed by atoms with Gasteiger partial charge in [-0.15, -0.1) is 5.10 Å². The van der Waals surface area contributed by atoms with Crippen molar-refractivity contribution in [3.05, 3.63) is 59.8 Å². The molecule has 1 aliphatic rings. The molecule has 2 heterocycles. The lowest BCUT2D eigenvalue weighted by atomic mass is 10.0. The smallest absolute Gasteiger partial charge is 0.257 e. The van der Waals surface area contributed by atoms with Gasteiger partial charge in [0.1, 0.15) is 11.4 Å². The second-order valence-corrected chi connectivity index (χ2v) is 8.26. The summed E-state index contributed by atoms with van der Waals surface area (Å²) in [4.78, 5) is 14.7. The van der Waals surface area contributed by atoms with Crippen LogP contribution in [-0.2, 0) is 6.42 Å². The quantitative estimate of drug-likeness (QED) is 0.548. The first kappa shape index (κ1) is 21.1. The Balaban J connectivity index is 1.51. The number of phenols is 1. The molecule has 0 unspecified atom stereocenters. The molecule has 4 rings (SSSR count). The summed E-state index contributed by atoms with van der Waals surface area (Å²) in [6.07, 6.45) is 9.82. The highest BCUT2D eigenvalue weighted by atomic mass is 16.3. The summed E-state index contributed by atoms with van der Waals surface area (Å²) < 4.78 is 1.65. The van der Waals surface area contributed by atoms with Gasteiger partial charge in [0.15, 0.2) is 0 Å². The summed E-state index contributed by atoms with van der Waals surface area (Å²) in [5, 5.41) is 18.8. The number of likely N-dealkylation sites (tertiary alicyclic amines) is 1. The van der Waals surface area contributed by atoms with Crippen LogP contribution in [0.25, 0.3) is 16.9 Å². The van der Waals surface area contributed by atoms with Crippen molar-refractivity contribution in [3.8, 4) is 22.7 Å². The van der Waals surface area contributed by atoms with E-state index < -0.39 is 0 Å². The van der Waals surface area contributed by atoms with Crippen molar-refractivity contribution in [2.24, 2.45) is 0 Å². The predicted octanol–water partition coefficient (Wildman–Crippen LogP) is 5.00. The number of rotatable bonds is 7. The Labute approximate surface area is 183 Å². The molecular formula is C25H30N4O2. The molecule has 0 saturated carbocycles. The van der Waals surface area contributed by atoms with Crippen LogP contribution in [0.1, 0.15) is 61.4 Å². The van der Waals surface area contributed by atoms with E-state index in [0.29, 0.717) is 11.3 Å². The van der Waals surface area contributed by atoms with Gasteiger partial charge >= 0.3 is 0 Å². The van der Waals surface area contributed by atoms with Crippen molar-refractivity contribution in [2.45, 2.75) is 51.9 Å². The first-order chi connectivity index (χ1) is 15.2. The minimum atomic E-state index is -0.127. The van der Waals surface area contributed by atoms with E-state index >= 15 is 0 Å². The highest BCUT2D eigenvalue weighted by Gasteiger charge is 2.21. The molecule has 1 N–H and O–H groups in total. The van der Waals surface area contributed by atoms with E-state index in [1.165, 1.54) is 24.8 Å². The maximum absolute atomic E-state index is 12.9. The number of hydrogen-bond donors (Lipinski definition) is 1. The maximum atomic E-state index is 12.9. The van der Waals surface area contributed by atoms with Crippen molar-refractivity contribution in [3.63, 3.8) is 0 Å². The molecule has 0 aliphatic carbocycles. The number of phenolic OH excluding ortho intramolecular Hbond substituents is 1. The van der Waals surface area contributed by atoms with Gasteiger partial charge in [-0.3, -0.25) is 4.79 Å². The highest BCUT2D eigenvalue weighted by Crippen LogP contribution is 2.25. The van der Waals surface area contributed by atoms with Crippen molar-refractivity contribution >= 4 is 5.91 Å². The lowest BCUT2D eigenvalue weighted by Gasteiger charge is -2.27. The highest BCUT2D eigenvalue weighted by molar-refractivity contribution is 5.97. The Hall–Kier alpha value is -3.15. The number of aryl methyl sites for hydroxylation is 1. The summed E-state index contributed by atoms with van der Waals surface area (Å²) in [6, 6.07) is 13.5. The van der Waals surface area contributed by atoms with Gasteiger partial charge in [0, 0.05) is 18.7 Å². The van der Waals surface area contributed by atoms with Gasteiger partial charge in [0.25, 0.3) is 5.91 Å². The van der Waals surface area contributed by atoms with Crippen molar-refractivity contribution < 1.29 is 9.90 Å². The van der Waals surface area contributed by atoms with Crippen LogP contribution in [0.4, 0.5) is 0 Å². The molecule has 3 aromatic rings. The Morgan fingerprint density at radius 3 is 2.55 bits per heavy atom. The Bertz CT molecular complexity index is 1020. The Morgan fingerprint density at radius 1 is 1.03 bits per heavy atom. The molecule has 1 fully saturated rings. The van der Waals surface area contributed by atoms with Crippen LogP contribution in [-0.4, -0.2) is 44.0 Å². The summed E-state index contributed by atoms with van der Waals surface area (Å²) in [5.41, 5.74) is 4.14. The number of benzene rings is 2. The lowest BCUT2D eigenvalue weighted by Crippen LogP contribution is -2.35. The fourth-order valence-corrected chi connectivity index (χ4v) is 4.05. The zero-order chi connectivity index (χ0) is 21.6. The SMILES string of the molecule is CCCCCc1ccc(-c2cn(-c3ccc(O)c(C(=O)N4CCCCC4)c3)nn2)cc1. The number of aromatic nitrogens is 3. The number of carbonyl (C=O) groups is 1. The molecule has 162 valence electrons. The van der Waals surface area contributed by atoms with Crippen LogP contribution in [0.2, 0.25) is 0 Å². The molecule has 0 bridgehead atoms. The average molecular weight is 419 g/mol. The summed E-state index contributed by atoms with van der Waals surface area (Å²) >= 11 is 0. The predicted molar refractivity (Wildman–Crippen MR) is 121 cm³/mol.